The first kappa shape index (κ1) is 12.3. The number of aromatic nitrogens is 1. The molecule has 2 aromatic heterocycles. The van der Waals surface area contributed by atoms with Crippen molar-refractivity contribution < 1.29 is 8.81 Å². The lowest BCUT2D eigenvalue weighted by molar-refractivity contribution is 0.444. The molecule has 0 fully saturated rings. The summed E-state index contributed by atoms with van der Waals surface area (Å²) in [6.45, 7) is 2.75. The molecule has 0 bridgehead atoms. The van der Waals surface area contributed by atoms with E-state index in [-0.39, 0.29) is 11.9 Å². The zero-order valence-electron chi connectivity index (χ0n) is 9.28. The van der Waals surface area contributed by atoms with Crippen LogP contribution in [0.5, 0.6) is 0 Å². The molecule has 0 amide bonds. The van der Waals surface area contributed by atoms with Gasteiger partial charge in [0.2, 0.25) is 0 Å². The molecular formula is C12H12BrFN2O. The molecule has 0 saturated carbocycles. The number of halogens is 2. The molecule has 2 aromatic rings. The number of furan rings is 1. The molecule has 0 aliphatic heterocycles. The van der Waals surface area contributed by atoms with Crippen LogP contribution < -0.4 is 5.32 Å². The van der Waals surface area contributed by atoms with E-state index in [0.717, 1.165) is 22.5 Å². The summed E-state index contributed by atoms with van der Waals surface area (Å²) in [6, 6.07) is 4.69. The Hall–Kier alpha value is -1.20. The Morgan fingerprint density at radius 1 is 1.47 bits per heavy atom. The molecule has 1 atom stereocenters. The molecule has 1 unspecified atom stereocenters. The Morgan fingerprint density at radius 2 is 2.29 bits per heavy atom. The summed E-state index contributed by atoms with van der Waals surface area (Å²) in [5, 5.41) is 3.25. The minimum atomic E-state index is -0.345. The molecule has 0 aliphatic carbocycles. The topological polar surface area (TPSA) is 38.1 Å². The first-order chi connectivity index (χ1) is 8.22. The van der Waals surface area contributed by atoms with Crippen molar-refractivity contribution in [3.63, 3.8) is 0 Å². The van der Waals surface area contributed by atoms with Gasteiger partial charge in [-0.1, -0.05) is 6.92 Å². The molecule has 0 radical (unpaired) electrons. The normalized spacial score (nSPS) is 12.6. The Morgan fingerprint density at radius 3 is 2.82 bits per heavy atom. The molecule has 17 heavy (non-hydrogen) atoms. The van der Waals surface area contributed by atoms with Crippen LogP contribution in [0.15, 0.2) is 39.5 Å². The first-order valence-electron chi connectivity index (χ1n) is 5.30. The second-order valence-corrected chi connectivity index (χ2v) is 4.38. The largest absolute Gasteiger partial charge is 0.466 e. The van der Waals surface area contributed by atoms with Crippen LogP contribution in [0.1, 0.15) is 24.4 Å². The summed E-state index contributed by atoms with van der Waals surface area (Å²) in [5.41, 5.74) is 0.726. The lowest BCUT2D eigenvalue weighted by Crippen LogP contribution is -2.22. The average Bonchev–Trinajstić information content (AvgIpc) is 2.74. The zero-order chi connectivity index (χ0) is 12.3. The summed E-state index contributed by atoms with van der Waals surface area (Å²) in [5.74, 6) is 0.397. The lowest BCUT2D eigenvalue weighted by Gasteiger charge is -2.15. The van der Waals surface area contributed by atoms with E-state index in [9.17, 15) is 4.39 Å². The van der Waals surface area contributed by atoms with Gasteiger partial charge in [-0.05, 0) is 40.7 Å². The molecule has 2 heterocycles. The van der Waals surface area contributed by atoms with Crippen LogP contribution >= 0.6 is 15.9 Å². The van der Waals surface area contributed by atoms with Gasteiger partial charge in [0.15, 0.2) is 0 Å². The van der Waals surface area contributed by atoms with Gasteiger partial charge in [0.1, 0.15) is 17.6 Å². The van der Waals surface area contributed by atoms with Crippen LogP contribution in [0.2, 0.25) is 0 Å². The zero-order valence-corrected chi connectivity index (χ0v) is 10.9. The van der Waals surface area contributed by atoms with E-state index in [1.54, 1.807) is 12.3 Å². The molecular weight excluding hydrogens is 287 g/mol. The van der Waals surface area contributed by atoms with Crippen LogP contribution in [0.25, 0.3) is 0 Å². The standard InChI is InChI=1S/C12H12BrFN2O/c1-2-15-11(12-9(13)5-6-17-12)10-4-3-8(14)7-16-10/h3-7,11,15H,2H2,1H3. The molecule has 0 aliphatic rings. The number of hydrogen-bond acceptors (Lipinski definition) is 3. The van der Waals surface area contributed by atoms with Crippen LogP contribution in [-0.2, 0) is 0 Å². The van der Waals surface area contributed by atoms with Crippen molar-refractivity contribution in [1.82, 2.24) is 10.3 Å². The van der Waals surface area contributed by atoms with Crippen molar-refractivity contribution in [3.05, 3.63) is 52.4 Å². The summed E-state index contributed by atoms with van der Waals surface area (Å²) < 4.78 is 19.1. The highest BCUT2D eigenvalue weighted by Crippen LogP contribution is 2.28. The van der Waals surface area contributed by atoms with E-state index < -0.39 is 0 Å². The van der Waals surface area contributed by atoms with Gasteiger partial charge in [-0.2, -0.15) is 0 Å². The number of rotatable bonds is 4. The van der Waals surface area contributed by atoms with Crippen molar-refractivity contribution >= 4 is 15.9 Å². The van der Waals surface area contributed by atoms with Crippen molar-refractivity contribution in [2.75, 3.05) is 6.54 Å². The Bertz CT molecular complexity index is 484. The monoisotopic (exact) mass is 298 g/mol. The highest BCUT2D eigenvalue weighted by atomic mass is 79.9. The van der Waals surface area contributed by atoms with E-state index >= 15 is 0 Å². The SMILES string of the molecule is CCNC(c1ccc(F)cn1)c1occc1Br. The Balaban J connectivity index is 2.35. The summed E-state index contributed by atoms with van der Waals surface area (Å²) in [6.07, 6.45) is 2.81. The molecule has 90 valence electrons. The van der Waals surface area contributed by atoms with Gasteiger partial charge < -0.3 is 9.73 Å². The highest BCUT2D eigenvalue weighted by molar-refractivity contribution is 9.10. The second-order valence-electron chi connectivity index (χ2n) is 3.52. The molecule has 3 nitrogen and oxygen atoms in total. The number of pyridine rings is 1. The predicted octanol–water partition coefficient (Wildman–Crippen LogP) is 3.28. The first-order valence-corrected chi connectivity index (χ1v) is 6.09. The third kappa shape index (κ3) is 2.73. The summed E-state index contributed by atoms with van der Waals surface area (Å²) >= 11 is 3.41. The summed E-state index contributed by atoms with van der Waals surface area (Å²) in [4.78, 5) is 4.08. The molecule has 1 N–H and O–H groups in total. The maximum Gasteiger partial charge on any atom is 0.141 e. The summed E-state index contributed by atoms with van der Waals surface area (Å²) in [7, 11) is 0. The van der Waals surface area contributed by atoms with Gasteiger partial charge in [0, 0.05) is 0 Å². The van der Waals surface area contributed by atoms with Gasteiger partial charge in [-0.25, -0.2) is 4.39 Å². The maximum atomic E-state index is 12.8. The fraction of sp³-hybridized carbons (Fsp3) is 0.250. The van der Waals surface area contributed by atoms with Crippen molar-refractivity contribution in [1.29, 1.82) is 0 Å². The predicted molar refractivity (Wildman–Crippen MR) is 66.1 cm³/mol. The second kappa shape index (κ2) is 5.42. The van der Waals surface area contributed by atoms with E-state index in [1.807, 2.05) is 13.0 Å². The molecule has 0 spiro atoms. The van der Waals surface area contributed by atoms with E-state index in [1.165, 1.54) is 12.3 Å². The van der Waals surface area contributed by atoms with Gasteiger partial charge in [-0.3, -0.25) is 4.98 Å². The van der Waals surface area contributed by atoms with E-state index in [2.05, 4.69) is 26.2 Å². The van der Waals surface area contributed by atoms with Gasteiger partial charge in [0.25, 0.3) is 0 Å². The van der Waals surface area contributed by atoms with Crippen molar-refractivity contribution in [2.45, 2.75) is 13.0 Å². The quantitative estimate of drug-likeness (QED) is 0.941. The molecule has 0 aromatic carbocycles. The molecule has 0 saturated heterocycles. The minimum Gasteiger partial charge on any atom is -0.466 e. The highest BCUT2D eigenvalue weighted by Gasteiger charge is 2.20. The fourth-order valence-electron chi connectivity index (χ4n) is 1.61. The van der Waals surface area contributed by atoms with Crippen molar-refractivity contribution in [3.8, 4) is 0 Å². The Kier molecular flexibility index (Phi) is 3.91. The van der Waals surface area contributed by atoms with Crippen LogP contribution in [0, 0.1) is 5.82 Å². The average molecular weight is 299 g/mol. The number of nitrogens with zero attached hydrogens (tertiary/aromatic N) is 1. The lowest BCUT2D eigenvalue weighted by atomic mass is 10.1. The number of hydrogen-bond donors (Lipinski definition) is 1. The maximum absolute atomic E-state index is 12.8. The smallest absolute Gasteiger partial charge is 0.141 e. The minimum absolute atomic E-state index is 0.176. The fourth-order valence-corrected chi connectivity index (χ4v) is 2.04. The van der Waals surface area contributed by atoms with E-state index in [0.29, 0.717) is 0 Å². The van der Waals surface area contributed by atoms with Crippen LogP contribution in [-0.4, -0.2) is 11.5 Å². The van der Waals surface area contributed by atoms with Crippen LogP contribution in [0.4, 0.5) is 4.39 Å². The molecule has 2 rings (SSSR count). The van der Waals surface area contributed by atoms with Gasteiger partial charge in [-0.15, -0.1) is 0 Å². The third-order valence-corrected chi connectivity index (χ3v) is 3.02. The third-order valence-electron chi connectivity index (χ3n) is 2.36. The van der Waals surface area contributed by atoms with Crippen molar-refractivity contribution in [2.24, 2.45) is 0 Å². The van der Waals surface area contributed by atoms with Gasteiger partial charge >= 0.3 is 0 Å². The van der Waals surface area contributed by atoms with Gasteiger partial charge in [0.05, 0.1) is 22.6 Å². The van der Waals surface area contributed by atoms with Crippen LogP contribution in [0.3, 0.4) is 0 Å². The van der Waals surface area contributed by atoms with E-state index in [4.69, 9.17) is 4.42 Å². The number of nitrogens with one attached hydrogen (secondary N) is 1. The Labute approximate surface area is 107 Å². The molecule has 5 heteroatoms.